The van der Waals surface area contributed by atoms with E-state index in [0.717, 1.165) is 31.9 Å². The fraction of sp³-hybridized carbons (Fsp3) is 0.571. The molecule has 1 N–H and O–H groups in total. The lowest BCUT2D eigenvalue weighted by Crippen LogP contribution is -2.38. The Morgan fingerprint density at radius 3 is 2.52 bits per heavy atom. The predicted molar refractivity (Wildman–Crippen MR) is 77.6 cm³/mol. The summed E-state index contributed by atoms with van der Waals surface area (Å²) in [5.41, 5.74) is -0.0180. The maximum absolute atomic E-state index is 12.4. The summed E-state index contributed by atoms with van der Waals surface area (Å²) in [7, 11) is -3.61. The zero-order valence-electron chi connectivity index (χ0n) is 12.0. The van der Waals surface area contributed by atoms with E-state index >= 15 is 0 Å². The number of nitrogens with zero attached hydrogens (tertiary/aromatic N) is 2. The van der Waals surface area contributed by atoms with Gasteiger partial charge in [0.05, 0.1) is 5.56 Å². The van der Waals surface area contributed by atoms with E-state index in [-0.39, 0.29) is 10.6 Å². The second kappa shape index (κ2) is 6.53. The minimum absolute atomic E-state index is 0.0180. The number of pyridine rings is 1. The Balaban J connectivity index is 2.10. The van der Waals surface area contributed by atoms with Crippen molar-refractivity contribution < 1.29 is 18.3 Å². The lowest BCUT2D eigenvalue weighted by Gasteiger charge is -2.30. The molecule has 21 heavy (non-hydrogen) atoms. The second-order valence-electron chi connectivity index (χ2n) is 5.33. The topological polar surface area (TPSA) is 87.6 Å². The van der Waals surface area contributed by atoms with Crippen LogP contribution >= 0.6 is 0 Å². The summed E-state index contributed by atoms with van der Waals surface area (Å²) in [5, 5.41) is 8.73. The standard InChI is InChI=1S/C14H20N2O4S/c1-2-3-11-6-8-16(9-7-11)21(19,20)13-5-4-12(10-15-13)14(17)18/h4-5,10-11H,2-3,6-9H2,1H3,(H,17,18). The van der Waals surface area contributed by atoms with Gasteiger partial charge in [0.1, 0.15) is 0 Å². The summed E-state index contributed by atoms with van der Waals surface area (Å²) in [6, 6.07) is 2.53. The van der Waals surface area contributed by atoms with Crippen LogP contribution in [0.15, 0.2) is 23.4 Å². The van der Waals surface area contributed by atoms with E-state index in [2.05, 4.69) is 11.9 Å². The summed E-state index contributed by atoms with van der Waals surface area (Å²) in [6.07, 6.45) is 5.09. The first kappa shape index (κ1) is 15.9. The first-order valence-corrected chi connectivity index (χ1v) is 8.58. The first-order valence-electron chi connectivity index (χ1n) is 7.14. The van der Waals surface area contributed by atoms with Crippen LogP contribution < -0.4 is 0 Å². The molecule has 1 fully saturated rings. The molecule has 1 aromatic rings. The molecule has 0 aromatic carbocycles. The summed E-state index contributed by atoms with van der Waals surface area (Å²) in [5.74, 6) is -0.518. The average molecular weight is 312 g/mol. The molecule has 0 aliphatic carbocycles. The van der Waals surface area contributed by atoms with Gasteiger partial charge >= 0.3 is 5.97 Å². The number of rotatable bonds is 5. The third kappa shape index (κ3) is 3.59. The number of aromatic nitrogens is 1. The SMILES string of the molecule is CCCC1CCN(S(=O)(=O)c2ccc(C(=O)O)cn2)CC1. The summed E-state index contributed by atoms with van der Waals surface area (Å²) in [4.78, 5) is 14.6. The van der Waals surface area contributed by atoms with Crippen LogP contribution in [0.4, 0.5) is 0 Å². The molecule has 0 radical (unpaired) electrons. The highest BCUT2D eigenvalue weighted by Gasteiger charge is 2.30. The average Bonchev–Trinajstić information content (AvgIpc) is 2.48. The molecule has 6 nitrogen and oxygen atoms in total. The van der Waals surface area contributed by atoms with Crippen molar-refractivity contribution in [2.24, 2.45) is 5.92 Å². The first-order chi connectivity index (χ1) is 9.95. The number of carbonyl (C=O) groups is 1. The van der Waals surface area contributed by atoms with Crippen LogP contribution in [0.3, 0.4) is 0 Å². The molecule has 0 saturated carbocycles. The van der Waals surface area contributed by atoms with Crippen LogP contribution in [0.2, 0.25) is 0 Å². The molecule has 0 spiro atoms. The molecule has 0 atom stereocenters. The smallest absolute Gasteiger partial charge is 0.337 e. The Labute approximate surface area is 124 Å². The van der Waals surface area contributed by atoms with E-state index in [9.17, 15) is 13.2 Å². The van der Waals surface area contributed by atoms with Gasteiger partial charge in [0.15, 0.2) is 5.03 Å². The fourth-order valence-corrected chi connectivity index (χ4v) is 4.02. The molecule has 116 valence electrons. The molecule has 2 heterocycles. The van der Waals surface area contributed by atoms with E-state index in [0.29, 0.717) is 19.0 Å². The Bertz CT molecular complexity index is 590. The van der Waals surface area contributed by atoms with Crippen molar-refractivity contribution >= 4 is 16.0 Å². The highest BCUT2D eigenvalue weighted by atomic mass is 32.2. The van der Waals surface area contributed by atoms with Crippen LogP contribution in [-0.2, 0) is 10.0 Å². The largest absolute Gasteiger partial charge is 0.478 e. The van der Waals surface area contributed by atoms with Crippen molar-refractivity contribution in [2.45, 2.75) is 37.6 Å². The van der Waals surface area contributed by atoms with E-state index in [1.165, 1.54) is 16.4 Å². The van der Waals surface area contributed by atoms with Crippen LogP contribution in [-0.4, -0.2) is 41.9 Å². The molecule has 0 bridgehead atoms. The Hall–Kier alpha value is -1.47. The third-order valence-electron chi connectivity index (χ3n) is 3.86. The highest BCUT2D eigenvalue weighted by molar-refractivity contribution is 7.89. The minimum atomic E-state index is -3.61. The van der Waals surface area contributed by atoms with E-state index in [1.807, 2.05) is 0 Å². The van der Waals surface area contributed by atoms with Gasteiger partial charge < -0.3 is 5.11 Å². The van der Waals surface area contributed by atoms with E-state index in [1.54, 1.807) is 0 Å². The Morgan fingerprint density at radius 1 is 1.38 bits per heavy atom. The quantitative estimate of drug-likeness (QED) is 0.898. The van der Waals surface area contributed by atoms with Crippen LogP contribution in [0.1, 0.15) is 43.0 Å². The number of sulfonamides is 1. The normalized spacial score (nSPS) is 17.8. The Morgan fingerprint density at radius 2 is 2.05 bits per heavy atom. The molecule has 2 rings (SSSR count). The van der Waals surface area contributed by atoms with Crippen molar-refractivity contribution in [1.82, 2.24) is 9.29 Å². The van der Waals surface area contributed by atoms with Gasteiger partial charge in [-0.2, -0.15) is 4.31 Å². The number of hydrogen-bond donors (Lipinski definition) is 1. The van der Waals surface area contributed by atoms with Gasteiger partial charge in [-0.3, -0.25) is 0 Å². The van der Waals surface area contributed by atoms with Crippen molar-refractivity contribution in [3.05, 3.63) is 23.9 Å². The van der Waals surface area contributed by atoms with Gasteiger partial charge in [-0.1, -0.05) is 19.8 Å². The summed E-state index contributed by atoms with van der Waals surface area (Å²) < 4.78 is 26.3. The van der Waals surface area contributed by atoms with E-state index < -0.39 is 16.0 Å². The molecule has 1 aliphatic heterocycles. The molecule has 0 unspecified atom stereocenters. The van der Waals surface area contributed by atoms with Crippen molar-refractivity contribution in [1.29, 1.82) is 0 Å². The van der Waals surface area contributed by atoms with Gasteiger partial charge in [0, 0.05) is 19.3 Å². The lowest BCUT2D eigenvalue weighted by atomic mass is 9.94. The molecule has 1 saturated heterocycles. The van der Waals surface area contributed by atoms with Gasteiger partial charge in [-0.15, -0.1) is 0 Å². The lowest BCUT2D eigenvalue weighted by molar-refractivity contribution is 0.0696. The number of hydrogen-bond acceptors (Lipinski definition) is 4. The highest BCUT2D eigenvalue weighted by Crippen LogP contribution is 2.25. The monoisotopic (exact) mass is 312 g/mol. The summed E-state index contributed by atoms with van der Waals surface area (Å²) in [6.45, 7) is 3.15. The number of carboxylic acids is 1. The molecular weight excluding hydrogens is 292 g/mol. The Kier molecular flexibility index (Phi) is 4.95. The number of aromatic carboxylic acids is 1. The van der Waals surface area contributed by atoms with Crippen molar-refractivity contribution in [3.63, 3.8) is 0 Å². The van der Waals surface area contributed by atoms with Gasteiger partial charge in [-0.25, -0.2) is 18.2 Å². The third-order valence-corrected chi connectivity index (χ3v) is 5.67. The fourth-order valence-electron chi connectivity index (χ4n) is 2.64. The zero-order valence-corrected chi connectivity index (χ0v) is 12.8. The van der Waals surface area contributed by atoms with Gasteiger partial charge in [0.2, 0.25) is 0 Å². The molecule has 1 aliphatic rings. The maximum Gasteiger partial charge on any atom is 0.337 e. The number of carboxylic acid groups (broad SMARTS) is 1. The van der Waals surface area contributed by atoms with Gasteiger partial charge in [0.25, 0.3) is 10.0 Å². The summed E-state index contributed by atoms with van der Waals surface area (Å²) >= 11 is 0. The van der Waals surface area contributed by atoms with Crippen molar-refractivity contribution in [3.8, 4) is 0 Å². The molecule has 1 aromatic heterocycles. The minimum Gasteiger partial charge on any atom is -0.478 e. The zero-order chi connectivity index (χ0) is 15.5. The molecule has 0 amide bonds. The van der Waals surface area contributed by atoms with E-state index in [4.69, 9.17) is 5.11 Å². The van der Waals surface area contributed by atoms with Crippen LogP contribution in [0.25, 0.3) is 0 Å². The van der Waals surface area contributed by atoms with Crippen LogP contribution in [0, 0.1) is 5.92 Å². The van der Waals surface area contributed by atoms with Gasteiger partial charge in [-0.05, 0) is 30.9 Å². The molecule has 7 heteroatoms. The molecular formula is C14H20N2O4S. The maximum atomic E-state index is 12.4. The number of piperidine rings is 1. The van der Waals surface area contributed by atoms with Crippen LogP contribution in [0.5, 0.6) is 0 Å². The van der Waals surface area contributed by atoms with Crippen molar-refractivity contribution in [2.75, 3.05) is 13.1 Å². The second-order valence-corrected chi connectivity index (χ2v) is 7.21. The predicted octanol–water partition coefficient (Wildman–Crippen LogP) is 1.98.